The standard InChI is InChI=1S/C19H16F2N2O2/c1-25-19-16(21)15(20)17(22)14-13(24)9-12(10-5-3-2-4-6-10)23(18(14)19)11-7-8-11/h2-6,9,11H,7-8,22H2,1H3. The lowest BCUT2D eigenvalue weighted by molar-refractivity contribution is 0.375. The number of aromatic nitrogens is 1. The van der Waals surface area contributed by atoms with Crippen LogP contribution in [-0.2, 0) is 0 Å². The van der Waals surface area contributed by atoms with Gasteiger partial charge in [-0.25, -0.2) is 4.39 Å². The van der Waals surface area contributed by atoms with E-state index < -0.39 is 22.8 Å². The van der Waals surface area contributed by atoms with Crippen LogP contribution in [0.4, 0.5) is 14.5 Å². The lowest BCUT2D eigenvalue weighted by Crippen LogP contribution is -2.16. The number of ether oxygens (including phenoxy) is 1. The predicted octanol–water partition coefficient (Wildman–Crippen LogP) is 3.87. The van der Waals surface area contributed by atoms with Gasteiger partial charge in [0.1, 0.15) is 5.52 Å². The lowest BCUT2D eigenvalue weighted by Gasteiger charge is -2.20. The molecule has 1 fully saturated rings. The molecule has 0 amide bonds. The van der Waals surface area contributed by atoms with Gasteiger partial charge in [0.15, 0.2) is 17.0 Å². The third-order valence-electron chi connectivity index (χ3n) is 4.55. The van der Waals surface area contributed by atoms with Crippen LogP contribution in [0.2, 0.25) is 0 Å². The SMILES string of the molecule is COc1c(F)c(F)c(N)c2c(=O)cc(-c3ccccc3)n(C3CC3)c12. The normalized spacial score (nSPS) is 14.0. The number of nitrogen functional groups attached to an aromatic ring is 1. The van der Waals surface area contributed by atoms with Crippen LogP contribution in [0.15, 0.2) is 41.2 Å². The first kappa shape index (κ1) is 15.6. The Kier molecular flexibility index (Phi) is 3.49. The number of fused-ring (bicyclic) bond motifs is 1. The van der Waals surface area contributed by atoms with E-state index in [1.807, 2.05) is 34.9 Å². The first-order chi connectivity index (χ1) is 12.0. The topological polar surface area (TPSA) is 57.2 Å². The zero-order valence-electron chi connectivity index (χ0n) is 13.6. The number of nitrogens with zero attached hydrogens (tertiary/aromatic N) is 1. The van der Waals surface area contributed by atoms with Crippen LogP contribution in [0.1, 0.15) is 18.9 Å². The molecule has 4 rings (SSSR count). The van der Waals surface area contributed by atoms with E-state index in [0.29, 0.717) is 5.69 Å². The molecule has 2 N–H and O–H groups in total. The molecule has 1 aliphatic carbocycles. The molecule has 0 saturated heterocycles. The number of hydrogen-bond acceptors (Lipinski definition) is 3. The third-order valence-corrected chi connectivity index (χ3v) is 4.55. The molecule has 2 aromatic carbocycles. The highest BCUT2D eigenvalue weighted by molar-refractivity contribution is 5.97. The fraction of sp³-hybridized carbons (Fsp3) is 0.211. The Hall–Kier alpha value is -2.89. The molecule has 0 bridgehead atoms. The molecular formula is C19H16F2N2O2. The van der Waals surface area contributed by atoms with Crippen LogP contribution < -0.4 is 15.9 Å². The maximum Gasteiger partial charge on any atom is 0.204 e. The summed E-state index contributed by atoms with van der Waals surface area (Å²) < 4.78 is 35.5. The first-order valence-electron chi connectivity index (χ1n) is 7.99. The van der Waals surface area contributed by atoms with Crippen molar-refractivity contribution in [1.82, 2.24) is 4.57 Å². The fourth-order valence-electron chi connectivity index (χ4n) is 3.27. The van der Waals surface area contributed by atoms with E-state index in [2.05, 4.69) is 0 Å². The van der Waals surface area contributed by atoms with Crippen molar-refractivity contribution in [1.29, 1.82) is 0 Å². The number of pyridine rings is 1. The van der Waals surface area contributed by atoms with Crippen molar-refractivity contribution in [3.05, 3.63) is 58.3 Å². The van der Waals surface area contributed by atoms with Crippen molar-refractivity contribution in [2.24, 2.45) is 0 Å². The van der Waals surface area contributed by atoms with Gasteiger partial charge in [-0.05, 0) is 18.4 Å². The van der Waals surface area contributed by atoms with E-state index in [0.717, 1.165) is 18.4 Å². The van der Waals surface area contributed by atoms with Crippen LogP contribution >= 0.6 is 0 Å². The number of methoxy groups -OCH3 is 1. The zero-order valence-corrected chi connectivity index (χ0v) is 13.6. The van der Waals surface area contributed by atoms with E-state index in [9.17, 15) is 13.6 Å². The molecule has 3 aromatic rings. The summed E-state index contributed by atoms with van der Waals surface area (Å²) >= 11 is 0. The second-order valence-electron chi connectivity index (χ2n) is 6.16. The Labute approximate surface area is 142 Å². The third kappa shape index (κ3) is 2.28. The average Bonchev–Trinajstić information content (AvgIpc) is 3.45. The van der Waals surface area contributed by atoms with Crippen LogP contribution in [-0.4, -0.2) is 11.7 Å². The molecule has 1 heterocycles. The van der Waals surface area contributed by atoms with Crippen molar-refractivity contribution in [3.8, 4) is 17.0 Å². The van der Waals surface area contributed by atoms with Gasteiger partial charge in [-0.3, -0.25) is 4.79 Å². The summed E-state index contributed by atoms with van der Waals surface area (Å²) in [5.74, 6) is -2.72. The Balaban J connectivity index is 2.23. The quantitative estimate of drug-likeness (QED) is 0.735. The average molecular weight is 342 g/mol. The summed E-state index contributed by atoms with van der Waals surface area (Å²) in [5, 5.41) is -0.0395. The van der Waals surface area contributed by atoms with Gasteiger partial charge in [0.25, 0.3) is 0 Å². The van der Waals surface area contributed by atoms with Gasteiger partial charge in [0.2, 0.25) is 5.82 Å². The maximum absolute atomic E-state index is 14.4. The van der Waals surface area contributed by atoms with Gasteiger partial charge in [0, 0.05) is 12.1 Å². The number of rotatable bonds is 3. The summed E-state index contributed by atoms with van der Waals surface area (Å²) in [7, 11) is 1.25. The van der Waals surface area contributed by atoms with E-state index in [1.54, 1.807) is 0 Å². The summed E-state index contributed by atoms with van der Waals surface area (Å²) in [4.78, 5) is 12.7. The number of hydrogen-bond donors (Lipinski definition) is 1. The van der Waals surface area contributed by atoms with Gasteiger partial charge >= 0.3 is 0 Å². The summed E-state index contributed by atoms with van der Waals surface area (Å²) in [5.41, 5.74) is 6.48. The lowest BCUT2D eigenvalue weighted by atomic mass is 10.1. The molecule has 6 heteroatoms. The molecule has 0 spiro atoms. The molecule has 128 valence electrons. The summed E-state index contributed by atoms with van der Waals surface area (Å²) in [6.45, 7) is 0. The van der Waals surface area contributed by atoms with Crippen molar-refractivity contribution < 1.29 is 13.5 Å². The highest BCUT2D eigenvalue weighted by atomic mass is 19.2. The van der Waals surface area contributed by atoms with E-state index >= 15 is 0 Å². The van der Waals surface area contributed by atoms with Crippen molar-refractivity contribution >= 4 is 16.6 Å². The Morgan fingerprint density at radius 3 is 2.44 bits per heavy atom. The number of nitrogens with two attached hydrogens (primary N) is 1. The van der Waals surface area contributed by atoms with Crippen LogP contribution in [0, 0.1) is 11.6 Å². The first-order valence-corrected chi connectivity index (χ1v) is 7.99. The molecule has 1 aromatic heterocycles. The van der Waals surface area contributed by atoms with Gasteiger partial charge in [-0.1, -0.05) is 30.3 Å². The van der Waals surface area contributed by atoms with Gasteiger partial charge in [-0.2, -0.15) is 4.39 Å². The predicted molar refractivity (Wildman–Crippen MR) is 92.8 cm³/mol. The Bertz CT molecular complexity index is 1040. The Morgan fingerprint density at radius 2 is 1.84 bits per heavy atom. The smallest absolute Gasteiger partial charge is 0.204 e. The molecule has 1 aliphatic rings. The Morgan fingerprint density at radius 1 is 1.16 bits per heavy atom. The number of benzene rings is 2. The van der Waals surface area contributed by atoms with Gasteiger partial charge in [0.05, 0.1) is 23.9 Å². The van der Waals surface area contributed by atoms with Gasteiger partial charge in [-0.15, -0.1) is 0 Å². The second kappa shape index (κ2) is 5.58. The van der Waals surface area contributed by atoms with Gasteiger partial charge < -0.3 is 15.0 Å². The molecule has 1 saturated carbocycles. The minimum atomic E-state index is -1.25. The molecule has 0 aliphatic heterocycles. The van der Waals surface area contributed by atoms with Crippen LogP contribution in [0.3, 0.4) is 0 Å². The molecular weight excluding hydrogens is 326 g/mol. The molecule has 25 heavy (non-hydrogen) atoms. The fourth-order valence-corrected chi connectivity index (χ4v) is 3.27. The largest absolute Gasteiger partial charge is 0.491 e. The maximum atomic E-state index is 14.4. The molecule has 0 unspecified atom stereocenters. The minimum absolute atomic E-state index is 0.0395. The highest BCUT2D eigenvalue weighted by Gasteiger charge is 2.32. The van der Waals surface area contributed by atoms with Crippen molar-refractivity contribution in [3.63, 3.8) is 0 Å². The monoisotopic (exact) mass is 342 g/mol. The van der Waals surface area contributed by atoms with Crippen LogP contribution in [0.5, 0.6) is 5.75 Å². The summed E-state index contributed by atoms with van der Waals surface area (Å²) in [6, 6.07) is 10.9. The van der Waals surface area contributed by atoms with Crippen LogP contribution in [0.25, 0.3) is 22.2 Å². The molecule has 0 atom stereocenters. The zero-order chi connectivity index (χ0) is 17.7. The van der Waals surface area contributed by atoms with E-state index in [4.69, 9.17) is 10.5 Å². The summed E-state index contributed by atoms with van der Waals surface area (Å²) in [6.07, 6.45) is 1.78. The van der Waals surface area contributed by atoms with E-state index in [1.165, 1.54) is 13.2 Å². The highest BCUT2D eigenvalue weighted by Crippen LogP contribution is 2.44. The second-order valence-corrected chi connectivity index (χ2v) is 6.16. The number of halogens is 2. The van der Waals surface area contributed by atoms with E-state index in [-0.39, 0.29) is 22.7 Å². The molecule has 0 radical (unpaired) electrons. The van der Waals surface area contributed by atoms with Crippen molar-refractivity contribution in [2.75, 3.05) is 12.8 Å². The van der Waals surface area contributed by atoms with Crippen molar-refractivity contribution in [2.45, 2.75) is 18.9 Å². The number of anilines is 1. The molecule has 4 nitrogen and oxygen atoms in total. The minimum Gasteiger partial charge on any atom is -0.491 e.